The second-order valence-electron chi connectivity index (χ2n) is 5.22. The van der Waals surface area contributed by atoms with Gasteiger partial charge in [-0.2, -0.15) is 0 Å². The van der Waals surface area contributed by atoms with E-state index in [1.54, 1.807) is 0 Å². The summed E-state index contributed by atoms with van der Waals surface area (Å²) in [6.45, 7) is 3.02. The van der Waals surface area contributed by atoms with Gasteiger partial charge < -0.3 is 14.5 Å². The van der Waals surface area contributed by atoms with Crippen molar-refractivity contribution in [3.05, 3.63) is 23.7 Å². The van der Waals surface area contributed by atoms with Gasteiger partial charge in [0.1, 0.15) is 5.76 Å². The zero-order valence-electron chi connectivity index (χ0n) is 10.3. The lowest BCUT2D eigenvalue weighted by Crippen LogP contribution is -2.26. The van der Waals surface area contributed by atoms with E-state index in [0.717, 1.165) is 32.1 Å². The second kappa shape index (κ2) is 5.23. The molecule has 3 heteroatoms. The molecule has 1 N–H and O–H groups in total. The first-order valence-electron chi connectivity index (χ1n) is 6.81. The van der Waals surface area contributed by atoms with Gasteiger partial charge in [-0.25, -0.2) is 0 Å². The summed E-state index contributed by atoms with van der Waals surface area (Å²) < 4.78 is 10.9. The molecule has 1 aliphatic carbocycles. The third-order valence-corrected chi connectivity index (χ3v) is 4.02. The van der Waals surface area contributed by atoms with Crippen molar-refractivity contribution in [3.63, 3.8) is 0 Å². The molecule has 1 saturated heterocycles. The Bertz CT molecular complexity index is 355. The number of furan rings is 1. The Hall–Kier alpha value is -0.800. The molecule has 3 rings (SSSR count). The predicted octanol–water partition coefficient (Wildman–Crippen LogP) is 2.67. The van der Waals surface area contributed by atoms with Gasteiger partial charge in [0.25, 0.3) is 0 Å². The van der Waals surface area contributed by atoms with Crippen LogP contribution in [0.1, 0.15) is 43.0 Å². The van der Waals surface area contributed by atoms with E-state index in [0.29, 0.717) is 6.04 Å². The lowest BCUT2D eigenvalue weighted by atomic mass is 9.93. The third-order valence-electron chi connectivity index (χ3n) is 4.02. The van der Waals surface area contributed by atoms with Crippen LogP contribution in [0.2, 0.25) is 0 Å². The summed E-state index contributed by atoms with van der Waals surface area (Å²) in [6, 6.07) is 2.64. The molecule has 2 atom stereocenters. The van der Waals surface area contributed by atoms with Crippen molar-refractivity contribution in [2.45, 2.75) is 38.1 Å². The number of rotatable bonds is 4. The highest BCUT2D eigenvalue weighted by Gasteiger charge is 2.22. The van der Waals surface area contributed by atoms with Crippen LogP contribution in [-0.2, 0) is 11.2 Å². The van der Waals surface area contributed by atoms with Gasteiger partial charge in [-0.15, -0.1) is 0 Å². The average Bonchev–Trinajstić information content (AvgIpc) is 2.99. The van der Waals surface area contributed by atoms with E-state index in [1.165, 1.54) is 37.0 Å². The molecule has 0 saturated carbocycles. The van der Waals surface area contributed by atoms with Crippen molar-refractivity contribution < 1.29 is 9.15 Å². The smallest absolute Gasteiger partial charge is 0.108 e. The maximum absolute atomic E-state index is 5.51. The Balaban J connectivity index is 1.49. The van der Waals surface area contributed by atoms with Crippen LogP contribution in [-0.4, -0.2) is 19.8 Å². The van der Waals surface area contributed by atoms with Crippen LogP contribution in [0.3, 0.4) is 0 Å². The molecular formula is C14H21NO2. The van der Waals surface area contributed by atoms with E-state index in [1.807, 2.05) is 6.26 Å². The number of ether oxygens (including phenoxy) is 1. The average molecular weight is 235 g/mol. The van der Waals surface area contributed by atoms with E-state index >= 15 is 0 Å². The van der Waals surface area contributed by atoms with Crippen LogP contribution in [0.25, 0.3) is 0 Å². The molecule has 1 aliphatic heterocycles. The maximum atomic E-state index is 5.51. The first-order chi connectivity index (χ1) is 8.43. The van der Waals surface area contributed by atoms with Crippen molar-refractivity contribution in [1.82, 2.24) is 5.32 Å². The van der Waals surface area contributed by atoms with Crippen molar-refractivity contribution in [2.75, 3.05) is 19.8 Å². The maximum Gasteiger partial charge on any atom is 0.108 e. The number of nitrogens with one attached hydrogen (secondary N) is 1. The van der Waals surface area contributed by atoms with Gasteiger partial charge in [0.05, 0.1) is 6.26 Å². The standard InChI is InChI=1S/C14H21NO2/c1-2-13(12-6-9-17-14(12)3-1)15-7-4-11-5-8-16-10-11/h6,9,11,13,15H,1-5,7-8,10H2. The summed E-state index contributed by atoms with van der Waals surface area (Å²) in [4.78, 5) is 0. The Morgan fingerprint density at radius 2 is 2.35 bits per heavy atom. The van der Waals surface area contributed by atoms with E-state index in [9.17, 15) is 0 Å². The minimum absolute atomic E-state index is 0.514. The van der Waals surface area contributed by atoms with E-state index in [4.69, 9.17) is 9.15 Å². The monoisotopic (exact) mass is 235 g/mol. The van der Waals surface area contributed by atoms with Crippen LogP contribution in [0, 0.1) is 5.92 Å². The lowest BCUT2D eigenvalue weighted by molar-refractivity contribution is 0.184. The molecule has 0 spiro atoms. The Kier molecular flexibility index (Phi) is 3.48. The first kappa shape index (κ1) is 11.3. The lowest BCUT2D eigenvalue weighted by Gasteiger charge is -2.23. The van der Waals surface area contributed by atoms with Gasteiger partial charge in [-0.05, 0) is 44.2 Å². The summed E-state index contributed by atoms with van der Waals surface area (Å²) in [5.74, 6) is 1.97. The van der Waals surface area contributed by atoms with Crippen LogP contribution >= 0.6 is 0 Å². The van der Waals surface area contributed by atoms with E-state index in [2.05, 4.69) is 11.4 Å². The molecule has 0 bridgehead atoms. The fourth-order valence-electron chi connectivity index (χ4n) is 2.97. The molecule has 0 radical (unpaired) electrons. The molecular weight excluding hydrogens is 214 g/mol. The molecule has 2 unspecified atom stereocenters. The van der Waals surface area contributed by atoms with Crippen LogP contribution in [0.5, 0.6) is 0 Å². The zero-order valence-corrected chi connectivity index (χ0v) is 10.3. The topological polar surface area (TPSA) is 34.4 Å². The fraction of sp³-hybridized carbons (Fsp3) is 0.714. The molecule has 1 aromatic rings. The SMILES string of the molecule is c1cc2c(o1)CCCC2NCCC1CCOC1. The third kappa shape index (κ3) is 2.55. The molecule has 1 aromatic heterocycles. The zero-order chi connectivity index (χ0) is 11.5. The van der Waals surface area contributed by atoms with Gasteiger partial charge >= 0.3 is 0 Å². The summed E-state index contributed by atoms with van der Waals surface area (Å²) >= 11 is 0. The van der Waals surface area contributed by atoms with E-state index < -0.39 is 0 Å². The summed E-state index contributed by atoms with van der Waals surface area (Å²) in [6.07, 6.45) is 7.90. The highest BCUT2D eigenvalue weighted by atomic mass is 16.5. The van der Waals surface area contributed by atoms with Crippen molar-refractivity contribution in [3.8, 4) is 0 Å². The van der Waals surface area contributed by atoms with Crippen LogP contribution < -0.4 is 5.32 Å². The molecule has 2 heterocycles. The fourth-order valence-corrected chi connectivity index (χ4v) is 2.97. The first-order valence-corrected chi connectivity index (χ1v) is 6.81. The number of hydrogen-bond donors (Lipinski definition) is 1. The summed E-state index contributed by atoms with van der Waals surface area (Å²) in [7, 11) is 0. The molecule has 3 nitrogen and oxygen atoms in total. The van der Waals surface area contributed by atoms with E-state index in [-0.39, 0.29) is 0 Å². The van der Waals surface area contributed by atoms with Crippen molar-refractivity contribution in [2.24, 2.45) is 5.92 Å². The Morgan fingerprint density at radius 3 is 3.24 bits per heavy atom. The molecule has 1 fully saturated rings. The Labute approximate surface area is 103 Å². The minimum atomic E-state index is 0.514. The highest BCUT2D eigenvalue weighted by Crippen LogP contribution is 2.30. The Morgan fingerprint density at radius 1 is 1.35 bits per heavy atom. The predicted molar refractivity (Wildman–Crippen MR) is 65.9 cm³/mol. The number of aryl methyl sites for hydroxylation is 1. The number of fused-ring (bicyclic) bond motifs is 1. The van der Waals surface area contributed by atoms with Gasteiger partial charge in [0.15, 0.2) is 0 Å². The van der Waals surface area contributed by atoms with Crippen molar-refractivity contribution in [1.29, 1.82) is 0 Å². The largest absolute Gasteiger partial charge is 0.469 e. The van der Waals surface area contributed by atoms with Gasteiger partial charge in [0.2, 0.25) is 0 Å². The molecule has 2 aliphatic rings. The molecule has 94 valence electrons. The van der Waals surface area contributed by atoms with Gasteiger partial charge in [-0.1, -0.05) is 0 Å². The minimum Gasteiger partial charge on any atom is -0.469 e. The number of hydrogen-bond acceptors (Lipinski definition) is 3. The quantitative estimate of drug-likeness (QED) is 0.871. The normalized spacial score (nSPS) is 28.2. The molecule has 17 heavy (non-hydrogen) atoms. The molecule has 0 aromatic carbocycles. The highest BCUT2D eigenvalue weighted by molar-refractivity contribution is 5.23. The summed E-state index contributed by atoms with van der Waals surface area (Å²) in [5.41, 5.74) is 1.39. The second-order valence-corrected chi connectivity index (χ2v) is 5.22. The van der Waals surface area contributed by atoms with Gasteiger partial charge in [0, 0.05) is 31.2 Å². The van der Waals surface area contributed by atoms with Crippen LogP contribution in [0.15, 0.2) is 16.7 Å². The summed E-state index contributed by atoms with van der Waals surface area (Å²) in [5, 5.41) is 3.68. The molecule has 0 amide bonds. The van der Waals surface area contributed by atoms with Gasteiger partial charge in [-0.3, -0.25) is 0 Å². The van der Waals surface area contributed by atoms with Crippen molar-refractivity contribution >= 4 is 0 Å². The van der Waals surface area contributed by atoms with Crippen LogP contribution in [0.4, 0.5) is 0 Å².